The summed E-state index contributed by atoms with van der Waals surface area (Å²) in [5.74, 6) is 2.62. The molecule has 0 aromatic heterocycles. The largest absolute Gasteiger partial charge is 0.497 e. The first-order valence-electron chi connectivity index (χ1n) is 8.83. The Morgan fingerprint density at radius 3 is 2.83 bits per heavy atom. The van der Waals surface area contributed by atoms with E-state index in [9.17, 15) is 10.4 Å². The number of rotatable bonds is 1. The Hall–Kier alpha value is -1.53. The maximum Gasteiger partial charge on any atom is 0.156 e. The first kappa shape index (κ1) is 15.0. The average molecular weight is 311 g/mol. The number of hydrogen-bond donors (Lipinski definition) is 1. The van der Waals surface area contributed by atoms with Gasteiger partial charge in [-0.05, 0) is 79.5 Å². The zero-order valence-electron chi connectivity index (χ0n) is 14.0. The molecular formula is C20H25NO2. The van der Waals surface area contributed by atoms with Crippen molar-refractivity contribution >= 4 is 0 Å². The fourth-order valence-electron chi connectivity index (χ4n) is 5.89. The molecule has 0 heterocycles. The monoisotopic (exact) mass is 311 g/mol. The number of hydrogen-bond acceptors (Lipinski definition) is 3. The van der Waals surface area contributed by atoms with Crippen LogP contribution in [0.4, 0.5) is 0 Å². The summed E-state index contributed by atoms with van der Waals surface area (Å²) < 4.78 is 5.37. The lowest BCUT2D eigenvalue weighted by molar-refractivity contribution is -0.0660. The van der Waals surface area contributed by atoms with Crippen molar-refractivity contribution in [3.8, 4) is 11.8 Å². The minimum atomic E-state index is -1.12. The third-order valence-electron chi connectivity index (χ3n) is 7.27. The molecule has 2 saturated carbocycles. The first-order chi connectivity index (χ1) is 11.0. The number of nitrogens with zero attached hydrogens (tertiary/aromatic N) is 1. The van der Waals surface area contributed by atoms with Gasteiger partial charge in [0, 0.05) is 5.41 Å². The molecule has 3 aliphatic rings. The quantitative estimate of drug-likeness (QED) is 0.802. The van der Waals surface area contributed by atoms with Crippen LogP contribution in [0.5, 0.6) is 5.75 Å². The number of fused-ring (bicyclic) bond motifs is 5. The molecule has 0 saturated heterocycles. The highest BCUT2D eigenvalue weighted by Crippen LogP contribution is 2.64. The number of aliphatic hydroxyl groups is 1. The van der Waals surface area contributed by atoms with Crippen molar-refractivity contribution in [2.24, 2.45) is 17.3 Å². The molecule has 2 fully saturated rings. The Morgan fingerprint density at radius 2 is 2.09 bits per heavy atom. The van der Waals surface area contributed by atoms with Crippen LogP contribution in [-0.2, 0) is 6.42 Å². The zero-order chi connectivity index (χ0) is 16.2. The Kier molecular flexibility index (Phi) is 3.25. The molecule has 0 aliphatic heterocycles. The molecule has 0 unspecified atom stereocenters. The summed E-state index contributed by atoms with van der Waals surface area (Å²) in [6, 6.07) is 8.77. The van der Waals surface area contributed by atoms with Gasteiger partial charge in [-0.15, -0.1) is 0 Å². The van der Waals surface area contributed by atoms with E-state index in [-0.39, 0.29) is 5.41 Å². The van der Waals surface area contributed by atoms with Crippen molar-refractivity contribution < 1.29 is 9.84 Å². The highest BCUT2D eigenvalue weighted by atomic mass is 16.5. The molecule has 1 aromatic rings. The Bertz CT molecular complexity index is 679. The zero-order valence-corrected chi connectivity index (χ0v) is 14.0. The Morgan fingerprint density at radius 1 is 1.26 bits per heavy atom. The second-order valence-corrected chi connectivity index (χ2v) is 7.95. The molecule has 3 aliphatic carbocycles. The standard InChI is InChI=1S/C20H25NO2/c1-19-9-7-16-15-6-4-14(23-2)11-13(15)3-5-17(16)18(19)8-10-20(19,22)12-21/h4,6,11,16-18,22H,3,5,7-10H2,1-2H3/t16-,17-,18-,19+,20-/m0/s1. The number of nitriles is 1. The van der Waals surface area contributed by atoms with E-state index in [0.29, 0.717) is 24.2 Å². The van der Waals surface area contributed by atoms with Crippen LogP contribution in [-0.4, -0.2) is 17.8 Å². The summed E-state index contributed by atoms with van der Waals surface area (Å²) in [6.07, 6.45) is 5.93. The van der Waals surface area contributed by atoms with Crippen LogP contribution < -0.4 is 4.74 Å². The normalized spacial score (nSPS) is 41.4. The second-order valence-electron chi connectivity index (χ2n) is 7.95. The molecule has 23 heavy (non-hydrogen) atoms. The molecule has 1 N–H and O–H groups in total. The fraction of sp³-hybridized carbons (Fsp3) is 0.650. The molecule has 0 bridgehead atoms. The minimum Gasteiger partial charge on any atom is -0.497 e. The lowest BCUT2D eigenvalue weighted by atomic mass is 9.53. The van der Waals surface area contributed by atoms with Crippen LogP contribution >= 0.6 is 0 Å². The van der Waals surface area contributed by atoms with Crippen molar-refractivity contribution in [2.45, 2.75) is 57.0 Å². The van der Waals surface area contributed by atoms with E-state index < -0.39 is 5.60 Å². The van der Waals surface area contributed by atoms with Crippen LogP contribution in [0.1, 0.15) is 56.1 Å². The van der Waals surface area contributed by atoms with Gasteiger partial charge in [0.1, 0.15) is 5.75 Å². The summed E-state index contributed by atoms with van der Waals surface area (Å²) in [4.78, 5) is 0. The lowest BCUT2D eigenvalue weighted by Gasteiger charge is -2.51. The molecule has 5 atom stereocenters. The van der Waals surface area contributed by atoms with Gasteiger partial charge < -0.3 is 9.84 Å². The fourth-order valence-corrected chi connectivity index (χ4v) is 5.89. The van der Waals surface area contributed by atoms with Crippen molar-refractivity contribution in [1.29, 1.82) is 5.26 Å². The van der Waals surface area contributed by atoms with Crippen molar-refractivity contribution in [3.05, 3.63) is 29.3 Å². The summed E-state index contributed by atoms with van der Waals surface area (Å²) in [5, 5.41) is 20.4. The number of methoxy groups -OCH3 is 1. The minimum absolute atomic E-state index is 0.229. The predicted molar refractivity (Wildman–Crippen MR) is 88.2 cm³/mol. The van der Waals surface area contributed by atoms with Crippen LogP contribution in [0.3, 0.4) is 0 Å². The molecule has 3 heteroatoms. The van der Waals surface area contributed by atoms with Gasteiger partial charge in [0.05, 0.1) is 13.2 Å². The smallest absolute Gasteiger partial charge is 0.156 e. The van der Waals surface area contributed by atoms with Crippen LogP contribution in [0.25, 0.3) is 0 Å². The molecule has 122 valence electrons. The summed E-state index contributed by atoms with van der Waals surface area (Å²) >= 11 is 0. The van der Waals surface area contributed by atoms with Gasteiger partial charge in [-0.2, -0.15) is 5.26 Å². The van der Waals surface area contributed by atoms with E-state index in [0.717, 1.165) is 31.4 Å². The number of ether oxygens (including phenoxy) is 1. The highest BCUT2D eigenvalue weighted by Gasteiger charge is 2.62. The van der Waals surface area contributed by atoms with Gasteiger partial charge in [-0.25, -0.2) is 0 Å². The van der Waals surface area contributed by atoms with Gasteiger partial charge in [-0.3, -0.25) is 0 Å². The maximum atomic E-state index is 10.8. The van der Waals surface area contributed by atoms with Crippen molar-refractivity contribution in [2.75, 3.05) is 7.11 Å². The third kappa shape index (κ3) is 1.91. The van der Waals surface area contributed by atoms with E-state index in [1.54, 1.807) is 7.11 Å². The van der Waals surface area contributed by atoms with Crippen LogP contribution in [0.2, 0.25) is 0 Å². The molecule has 1 aromatic carbocycles. The lowest BCUT2D eigenvalue weighted by Crippen LogP contribution is -2.50. The molecule has 4 rings (SSSR count). The van der Waals surface area contributed by atoms with Crippen molar-refractivity contribution in [3.63, 3.8) is 0 Å². The predicted octanol–water partition coefficient (Wildman–Crippen LogP) is 3.81. The average Bonchev–Trinajstić information content (AvgIpc) is 2.86. The SMILES string of the molecule is COc1ccc2c(c1)CC[C@H]1[C@H]2CC[C@]2(C)[C@H]1CC[C@]2(O)C#N. The second kappa shape index (κ2) is 4.98. The van der Waals surface area contributed by atoms with Gasteiger partial charge in [0.25, 0.3) is 0 Å². The third-order valence-corrected chi connectivity index (χ3v) is 7.27. The molecular weight excluding hydrogens is 286 g/mol. The van der Waals surface area contributed by atoms with Crippen LogP contribution in [0.15, 0.2) is 18.2 Å². The Labute approximate surface area is 138 Å². The highest BCUT2D eigenvalue weighted by molar-refractivity contribution is 5.41. The first-order valence-corrected chi connectivity index (χ1v) is 8.83. The van der Waals surface area contributed by atoms with E-state index in [4.69, 9.17) is 4.74 Å². The van der Waals surface area contributed by atoms with Crippen LogP contribution in [0, 0.1) is 28.6 Å². The van der Waals surface area contributed by atoms with E-state index in [2.05, 4.69) is 31.2 Å². The topological polar surface area (TPSA) is 53.2 Å². The van der Waals surface area contributed by atoms with Gasteiger partial charge in [0.2, 0.25) is 0 Å². The number of aryl methyl sites for hydroxylation is 1. The molecule has 0 radical (unpaired) electrons. The maximum absolute atomic E-state index is 10.8. The van der Waals surface area contributed by atoms with Crippen molar-refractivity contribution in [1.82, 2.24) is 0 Å². The molecule has 0 spiro atoms. The summed E-state index contributed by atoms with van der Waals surface area (Å²) in [5.41, 5.74) is 1.56. The summed E-state index contributed by atoms with van der Waals surface area (Å²) in [7, 11) is 1.72. The van der Waals surface area contributed by atoms with Gasteiger partial charge in [0.15, 0.2) is 5.60 Å². The number of benzene rings is 1. The Balaban J connectivity index is 1.70. The van der Waals surface area contributed by atoms with E-state index in [1.807, 2.05) is 0 Å². The summed E-state index contributed by atoms with van der Waals surface area (Å²) in [6.45, 7) is 2.16. The van der Waals surface area contributed by atoms with E-state index >= 15 is 0 Å². The van der Waals surface area contributed by atoms with Gasteiger partial charge >= 0.3 is 0 Å². The van der Waals surface area contributed by atoms with Gasteiger partial charge in [-0.1, -0.05) is 13.0 Å². The van der Waals surface area contributed by atoms with E-state index in [1.165, 1.54) is 17.5 Å². The molecule has 3 nitrogen and oxygen atoms in total. The molecule has 0 amide bonds.